The molecule has 0 fully saturated rings. The number of amides is 2. The molecule has 0 unspecified atom stereocenters. The molecule has 0 atom stereocenters. The van der Waals surface area contributed by atoms with Gasteiger partial charge in [-0.3, -0.25) is 9.59 Å². The second-order valence-electron chi connectivity index (χ2n) is 5.63. The number of hydrogen-bond acceptors (Lipinski definition) is 4. The van der Waals surface area contributed by atoms with Crippen molar-refractivity contribution in [2.45, 2.75) is 13.5 Å². The van der Waals surface area contributed by atoms with Gasteiger partial charge < -0.3 is 20.1 Å². The highest BCUT2D eigenvalue weighted by molar-refractivity contribution is 6.31. The van der Waals surface area contributed by atoms with E-state index >= 15 is 0 Å². The zero-order valence-corrected chi connectivity index (χ0v) is 16.1. The van der Waals surface area contributed by atoms with Gasteiger partial charge in [-0.2, -0.15) is 0 Å². The first-order valence-electron chi connectivity index (χ1n) is 8.17. The molecule has 2 rings (SSSR count). The zero-order valence-electron chi connectivity index (χ0n) is 15.3. The predicted octanol–water partition coefficient (Wildman–Crippen LogP) is 3.15. The van der Waals surface area contributed by atoms with Crippen molar-refractivity contribution >= 4 is 29.5 Å². The Morgan fingerprint density at radius 2 is 1.78 bits per heavy atom. The van der Waals surface area contributed by atoms with Crippen molar-refractivity contribution < 1.29 is 19.1 Å². The molecule has 0 spiro atoms. The molecular formula is C20H21ClN2O4. The van der Waals surface area contributed by atoms with Gasteiger partial charge in [0.25, 0.3) is 5.91 Å². The monoisotopic (exact) mass is 388 g/mol. The van der Waals surface area contributed by atoms with Crippen LogP contribution in [0.1, 0.15) is 18.1 Å². The summed E-state index contributed by atoms with van der Waals surface area (Å²) in [7, 11) is 3.06. The summed E-state index contributed by atoms with van der Waals surface area (Å²) >= 11 is 6.10. The number of halogens is 1. The molecule has 142 valence electrons. The van der Waals surface area contributed by atoms with Crippen LogP contribution in [0, 0.1) is 0 Å². The number of ether oxygens (including phenoxy) is 2. The summed E-state index contributed by atoms with van der Waals surface area (Å²) in [5.74, 6) is 0.304. The molecule has 0 aromatic heterocycles. The van der Waals surface area contributed by atoms with Gasteiger partial charge in [0.05, 0.1) is 14.2 Å². The molecule has 0 bridgehead atoms. The maximum Gasteiger partial charge on any atom is 0.268 e. The average molecular weight is 389 g/mol. The van der Waals surface area contributed by atoms with E-state index in [-0.39, 0.29) is 18.1 Å². The van der Waals surface area contributed by atoms with Gasteiger partial charge in [0.2, 0.25) is 5.91 Å². The van der Waals surface area contributed by atoms with Gasteiger partial charge >= 0.3 is 0 Å². The first kappa shape index (κ1) is 20.3. The van der Waals surface area contributed by atoms with E-state index in [1.54, 1.807) is 30.3 Å². The van der Waals surface area contributed by atoms with Crippen molar-refractivity contribution in [1.82, 2.24) is 10.6 Å². The Morgan fingerprint density at radius 1 is 1.07 bits per heavy atom. The number of carbonyl (C=O) groups is 2. The third-order valence-electron chi connectivity index (χ3n) is 3.67. The van der Waals surface area contributed by atoms with E-state index in [4.69, 9.17) is 21.1 Å². The minimum absolute atomic E-state index is 0.113. The van der Waals surface area contributed by atoms with Crippen LogP contribution in [0.15, 0.2) is 48.2 Å². The van der Waals surface area contributed by atoms with Crippen molar-refractivity contribution in [2.75, 3.05) is 14.2 Å². The molecule has 27 heavy (non-hydrogen) atoms. The van der Waals surface area contributed by atoms with Crippen LogP contribution in [0.4, 0.5) is 0 Å². The van der Waals surface area contributed by atoms with Crippen molar-refractivity contribution in [3.8, 4) is 11.5 Å². The number of carbonyl (C=O) groups excluding carboxylic acids is 2. The van der Waals surface area contributed by atoms with Crippen molar-refractivity contribution in [3.05, 3.63) is 64.3 Å². The number of rotatable bonds is 7. The zero-order chi connectivity index (χ0) is 19.8. The van der Waals surface area contributed by atoms with Crippen LogP contribution in [0.2, 0.25) is 5.02 Å². The highest BCUT2D eigenvalue weighted by Gasteiger charge is 2.13. The van der Waals surface area contributed by atoms with Crippen LogP contribution < -0.4 is 20.1 Å². The fourth-order valence-corrected chi connectivity index (χ4v) is 2.57. The minimum atomic E-state index is -0.431. The van der Waals surface area contributed by atoms with Crippen molar-refractivity contribution in [2.24, 2.45) is 0 Å². The highest BCUT2D eigenvalue weighted by Crippen LogP contribution is 2.28. The SMILES string of the molecule is COc1ccc(/C=C(/NC(C)=O)C(=O)NCc2ccccc2Cl)cc1OC. The molecular weight excluding hydrogens is 368 g/mol. The summed E-state index contributed by atoms with van der Waals surface area (Å²) in [6, 6.07) is 12.4. The van der Waals surface area contributed by atoms with Crippen LogP contribution in [0.3, 0.4) is 0 Å². The molecule has 0 radical (unpaired) electrons. The van der Waals surface area contributed by atoms with Gasteiger partial charge in [0, 0.05) is 18.5 Å². The lowest BCUT2D eigenvalue weighted by molar-refractivity contribution is -0.122. The van der Waals surface area contributed by atoms with Crippen LogP contribution in [0.5, 0.6) is 11.5 Å². The normalized spacial score (nSPS) is 10.9. The lowest BCUT2D eigenvalue weighted by Crippen LogP contribution is -2.33. The van der Waals surface area contributed by atoms with Gasteiger partial charge in [-0.25, -0.2) is 0 Å². The Kier molecular flexibility index (Phi) is 7.25. The maximum absolute atomic E-state index is 12.6. The topological polar surface area (TPSA) is 76.7 Å². The van der Waals surface area contributed by atoms with E-state index in [9.17, 15) is 9.59 Å². The Morgan fingerprint density at radius 3 is 2.41 bits per heavy atom. The summed E-state index contributed by atoms with van der Waals surface area (Å²) in [5.41, 5.74) is 1.56. The Hall–Kier alpha value is -2.99. The van der Waals surface area contributed by atoms with Crippen molar-refractivity contribution in [3.63, 3.8) is 0 Å². The van der Waals surface area contributed by atoms with E-state index < -0.39 is 5.91 Å². The predicted molar refractivity (Wildman–Crippen MR) is 105 cm³/mol. The number of benzene rings is 2. The van der Waals surface area contributed by atoms with E-state index in [1.165, 1.54) is 21.1 Å². The summed E-state index contributed by atoms with van der Waals surface area (Å²) in [6.45, 7) is 1.57. The number of methoxy groups -OCH3 is 2. The molecule has 6 nitrogen and oxygen atoms in total. The molecule has 0 saturated carbocycles. The minimum Gasteiger partial charge on any atom is -0.493 e. The molecule has 0 aliphatic carbocycles. The smallest absolute Gasteiger partial charge is 0.268 e. The van der Waals surface area contributed by atoms with Crippen LogP contribution in [-0.4, -0.2) is 26.0 Å². The van der Waals surface area contributed by atoms with Gasteiger partial charge in [0.15, 0.2) is 11.5 Å². The van der Waals surface area contributed by atoms with E-state index in [0.717, 1.165) is 5.56 Å². The van der Waals surface area contributed by atoms with E-state index in [2.05, 4.69) is 10.6 Å². The molecule has 0 saturated heterocycles. The molecule has 0 aliphatic rings. The number of hydrogen-bond donors (Lipinski definition) is 2. The fraction of sp³-hybridized carbons (Fsp3) is 0.200. The molecule has 2 amide bonds. The highest BCUT2D eigenvalue weighted by atomic mass is 35.5. The molecule has 2 aromatic rings. The molecule has 7 heteroatoms. The Bertz CT molecular complexity index is 865. The molecule has 2 N–H and O–H groups in total. The van der Waals surface area contributed by atoms with Gasteiger partial charge in [-0.15, -0.1) is 0 Å². The van der Waals surface area contributed by atoms with Gasteiger partial charge in [-0.05, 0) is 35.4 Å². The lowest BCUT2D eigenvalue weighted by Gasteiger charge is -2.12. The third kappa shape index (κ3) is 5.76. The summed E-state index contributed by atoms with van der Waals surface area (Å²) in [6.07, 6.45) is 1.56. The molecule has 0 heterocycles. The second-order valence-corrected chi connectivity index (χ2v) is 6.03. The van der Waals surface area contributed by atoms with E-state index in [0.29, 0.717) is 22.1 Å². The maximum atomic E-state index is 12.6. The summed E-state index contributed by atoms with van der Waals surface area (Å²) in [5, 5.41) is 5.86. The first-order valence-corrected chi connectivity index (χ1v) is 8.55. The quantitative estimate of drug-likeness (QED) is 0.714. The lowest BCUT2D eigenvalue weighted by atomic mass is 10.1. The largest absolute Gasteiger partial charge is 0.493 e. The standard InChI is InChI=1S/C20H21ClN2O4/c1-13(24)23-17(10-14-8-9-18(26-2)19(11-14)27-3)20(25)22-12-15-6-4-5-7-16(15)21/h4-11H,12H2,1-3H3,(H,22,25)(H,23,24)/b17-10+. The first-order chi connectivity index (χ1) is 12.9. The summed E-state index contributed by atoms with van der Waals surface area (Å²) in [4.78, 5) is 24.1. The number of nitrogens with one attached hydrogen (secondary N) is 2. The Labute approximate surface area is 163 Å². The third-order valence-corrected chi connectivity index (χ3v) is 4.04. The Balaban J connectivity index is 2.23. The van der Waals surface area contributed by atoms with Crippen molar-refractivity contribution in [1.29, 1.82) is 0 Å². The molecule has 2 aromatic carbocycles. The second kappa shape index (κ2) is 9.64. The summed E-state index contributed by atoms with van der Waals surface area (Å²) < 4.78 is 10.5. The fourth-order valence-electron chi connectivity index (χ4n) is 2.37. The molecule has 0 aliphatic heterocycles. The van der Waals surface area contributed by atoms with Gasteiger partial charge in [-0.1, -0.05) is 35.9 Å². The van der Waals surface area contributed by atoms with Crippen LogP contribution >= 0.6 is 11.6 Å². The van der Waals surface area contributed by atoms with E-state index in [1.807, 2.05) is 18.2 Å². The van der Waals surface area contributed by atoms with Crippen LogP contribution in [0.25, 0.3) is 6.08 Å². The average Bonchev–Trinajstić information content (AvgIpc) is 2.66. The van der Waals surface area contributed by atoms with Gasteiger partial charge in [0.1, 0.15) is 5.70 Å². The van der Waals surface area contributed by atoms with Crippen LogP contribution in [-0.2, 0) is 16.1 Å².